The maximum atomic E-state index is 4.39. The van der Waals surface area contributed by atoms with E-state index >= 15 is 0 Å². The first kappa shape index (κ1) is 11.2. The molecule has 18 heavy (non-hydrogen) atoms. The maximum Gasteiger partial charge on any atom is 0.253 e. The molecule has 0 fully saturated rings. The van der Waals surface area contributed by atoms with E-state index in [2.05, 4.69) is 27.2 Å². The topological polar surface area (TPSA) is 43.1 Å². The zero-order valence-electron chi connectivity index (χ0n) is 9.95. The second-order valence-electron chi connectivity index (χ2n) is 4.04. The molecule has 0 aliphatic carbocycles. The van der Waals surface area contributed by atoms with Crippen LogP contribution in [0.2, 0.25) is 0 Å². The number of nitrogens with zero attached hydrogens (tertiary/aromatic N) is 4. The van der Waals surface area contributed by atoms with Crippen LogP contribution in [0.15, 0.2) is 47.9 Å². The summed E-state index contributed by atoms with van der Waals surface area (Å²) in [5, 5.41) is 5.16. The lowest BCUT2D eigenvalue weighted by molar-refractivity contribution is 0.872. The Kier molecular flexibility index (Phi) is 2.98. The predicted octanol–water partition coefficient (Wildman–Crippen LogP) is 2.73. The van der Waals surface area contributed by atoms with Crippen LogP contribution in [0, 0.1) is 6.92 Å². The maximum absolute atomic E-state index is 4.39. The van der Waals surface area contributed by atoms with Gasteiger partial charge < -0.3 is 0 Å². The summed E-state index contributed by atoms with van der Waals surface area (Å²) in [4.78, 5) is 8.61. The van der Waals surface area contributed by atoms with Crippen LogP contribution in [0.4, 0.5) is 0 Å². The molecular weight excluding hydrogens is 244 g/mol. The van der Waals surface area contributed by atoms with Crippen LogP contribution in [0.3, 0.4) is 0 Å². The first-order valence-electron chi connectivity index (χ1n) is 5.67. The molecule has 0 radical (unpaired) electrons. The normalized spacial score (nSPS) is 10.9. The van der Waals surface area contributed by atoms with Gasteiger partial charge in [-0.1, -0.05) is 42.1 Å². The van der Waals surface area contributed by atoms with Gasteiger partial charge in [-0.2, -0.15) is 4.98 Å². The van der Waals surface area contributed by atoms with Crippen molar-refractivity contribution in [1.29, 1.82) is 0 Å². The predicted molar refractivity (Wildman–Crippen MR) is 71.5 cm³/mol. The molecule has 0 unspecified atom stereocenters. The third kappa shape index (κ3) is 2.36. The van der Waals surface area contributed by atoms with Crippen molar-refractivity contribution in [3.05, 3.63) is 53.9 Å². The molecule has 0 amide bonds. The number of rotatable bonds is 3. The number of benzene rings is 1. The van der Waals surface area contributed by atoms with Crippen molar-refractivity contribution in [1.82, 2.24) is 19.6 Å². The minimum Gasteiger partial charge on any atom is -0.219 e. The molecule has 2 heterocycles. The summed E-state index contributed by atoms with van der Waals surface area (Å²) in [5.41, 5.74) is 2.34. The summed E-state index contributed by atoms with van der Waals surface area (Å²) in [6, 6.07) is 10.3. The first-order valence-corrected chi connectivity index (χ1v) is 6.65. The number of fused-ring (bicyclic) bond motifs is 1. The molecule has 4 nitrogen and oxygen atoms in total. The standard InChI is InChI=1S/C13H12N4S/c1-10-7-14-12-15-13(16-17(12)8-10)18-9-11-5-3-2-4-6-11/h2-8H,9H2,1H3. The van der Waals surface area contributed by atoms with Gasteiger partial charge >= 0.3 is 0 Å². The first-order chi connectivity index (χ1) is 8.81. The average Bonchev–Trinajstić information content (AvgIpc) is 2.79. The zero-order chi connectivity index (χ0) is 12.4. The molecule has 3 aromatic rings. The molecule has 0 aliphatic rings. The average molecular weight is 256 g/mol. The number of aromatic nitrogens is 4. The van der Waals surface area contributed by atoms with Crippen LogP contribution in [0.5, 0.6) is 0 Å². The van der Waals surface area contributed by atoms with Gasteiger partial charge in [0.2, 0.25) is 5.16 Å². The van der Waals surface area contributed by atoms with E-state index in [1.54, 1.807) is 22.5 Å². The number of aryl methyl sites for hydroxylation is 1. The van der Waals surface area contributed by atoms with Crippen molar-refractivity contribution < 1.29 is 0 Å². The van der Waals surface area contributed by atoms with E-state index in [1.807, 2.05) is 31.3 Å². The van der Waals surface area contributed by atoms with Crippen LogP contribution in [0.25, 0.3) is 5.78 Å². The summed E-state index contributed by atoms with van der Waals surface area (Å²) >= 11 is 1.62. The molecule has 0 N–H and O–H groups in total. The number of hydrogen-bond acceptors (Lipinski definition) is 4. The Morgan fingerprint density at radius 3 is 2.89 bits per heavy atom. The van der Waals surface area contributed by atoms with Crippen LogP contribution >= 0.6 is 11.8 Å². The highest BCUT2D eigenvalue weighted by molar-refractivity contribution is 7.98. The van der Waals surface area contributed by atoms with Crippen molar-refractivity contribution >= 4 is 17.5 Å². The molecule has 0 bridgehead atoms. The van der Waals surface area contributed by atoms with Gasteiger partial charge in [0.1, 0.15) is 0 Å². The van der Waals surface area contributed by atoms with E-state index in [-0.39, 0.29) is 0 Å². The molecular formula is C13H12N4S. The Morgan fingerprint density at radius 1 is 1.22 bits per heavy atom. The van der Waals surface area contributed by atoms with Gasteiger partial charge in [-0.05, 0) is 18.1 Å². The second kappa shape index (κ2) is 4.78. The van der Waals surface area contributed by atoms with Gasteiger partial charge in [-0.3, -0.25) is 0 Å². The van der Waals surface area contributed by atoms with Gasteiger partial charge in [0.15, 0.2) is 0 Å². The zero-order valence-corrected chi connectivity index (χ0v) is 10.8. The van der Waals surface area contributed by atoms with E-state index in [1.165, 1.54) is 5.56 Å². The second-order valence-corrected chi connectivity index (χ2v) is 4.99. The molecule has 2 aromatic heterocycles. The Balaban J connectivity index is 1.79. The van der Waals surface area contributed by atoms with Gasteiger partial charge in [0, 0.05) is 18.1 Å². The summed E-state index contributed by atoms with van der Waals surface area (Å²) in [6.07, 6.45) is 3.73. The monoisotopic (exact) mass is 256 g/mol. The summed E-state index contributed by atoms with van der Waals surface area (Å²) < 4.78 is 1.72. The third-order valence-corrected chi connectivity index (χ3v) is 3.42. The van der Waals surface area contributed by atoms with Crippen molar-refractivity contribution in [2.24, 2.45) is 0 Å². The SMILES string of the molecule is Cc1cnc2nc(SCc3ccccc3)nn2c1. The molecule has 3 rings (SSSR count). The van der Waals surface area contributed by atoms with Gasteiger partial charge in [-0.25, -0.2) is 9.50 Å². The summed E-state index contributed by atoms with van der Waals surface area (Å²) in [7, 11) is 0. The molecule has 0 saturated heterocycles. The van der Waals surface area contributed by atoms with E-state index in [0.717, 1.165) is 16.5 Å². The van der Waals surface area contributed by atoms with Crippen molar-refractivity contribution in [3.8, 4) is 0 Å². The Morgan fingerprint density at radius 2 is 2.06 bits per heavy atom. The Bertz CT molecular complexity index is 663. The molecule has 1 aromatic carbocycles. The molecule has 0 atom stereocenters. The van der Waals surface area contributed by atoms with E-state index in [9.17, 15) is 0 Å². The highest BCUT2D eigenvalue weighted by atomic mass is 32.2. The van der Waals surface area contributed by atoms with E-state index in [4.69, 9.17) is 0 Å². The minimum atomic E-state index is 0.649. The fourth-order valence-corrected chi connectivity index (χ4v) is 2.42. The largest absolute Gasteiger partial charge is 0.253 e. The van der Waals surface area contributed by atoms with Crippen LogP contribution < -0.4 is 0 Å². The lowest BCUT2D eigenvalue weighted by Gasteiger charge is -1.96. The minimum absolute atomic E-state index is 0.649. The van der Waals surface area contributed by atoms with Gasteiger partial charge in [0.25, 0.3) is 5.78 Å². The lowest BCUT2D eigenvalue weighted by Crippen LogP contribution is -1.90. The van der Waals surface area contributed by atoms with Crippen LogP contribution in [-0.2, 0) is 5.75 Å². The fraction of sp³-hybridized carbons (Fsp3) is 0.154. The van der Waals surface area contributed by atoms with E-state index < -0.39 is 0 Å². The van der Waals surface area contributed by atoms with E-state index in [0.29, 0.717) is 5.78 Å². The number of hydrogen-bond donors (Lipinski definition) is 0. The highest BCUT2D eigenvalue weighted by Gasteiger charge is 2.05. The smallest absolute Gasteiger partial charge is 0.219 e. The van der Waals surface area contributed by atoms with Gasteiger partial charge in [0.05, 0.1) is 0 Å². The van der Waals surface area contributed by atoms with Crippen molar-refractivity contribution in [2.75, 3.05) is 0 Å². The Hall–Kier alpha value is -1.88. The summed E-state index contributed by atoms with van der Waals surface area (Å²) in [6.45, 7) is 1.99. The number of thioether (sulfide) groups is 1. The quantitative estimate of drug-likeness (QED) is 0.676. The van der Waals surface area contributed by atoms with Crippen molar-refractivity contribution in [3.63, 3.8) is 0 Å². The third-order valence-electron chi connectivity index (χ3n) is 2.51. The molecule has 5 heteroatoms. The Labute approximate surface area is 109 Å². The van der Waals surface area contributed by atoms with Crippen LogP contribution in [0.1, 0.15) is 11.1 Å². The van der Waals surface area contributed by atoms with Crippen molar-refractivity contribution in [2.45, 2.75) is 17.8 Å². The molecule has 0 spiro atoms. The van der Waals surface area contributed by atoms with Crippen LogP contribution in [-0.4, -0.2) is 19.6 Å². The molecule has 90 valence electrons. The summed E-state index contributed by atoms with van der Waals surface area (Å²) in [5.74, 6) is 1.52. The fourth-order valence-electron chi connectivity index (χ4n) is 1.64. The highest BCUT2D eigenvalue weighted by Crippen LogP contribution is 2.19. The molecule has 0 saturated carbocycles. The van der Waals surface area contributed by atoms with Gasteiger partial charge in [-0.15, -0.1) is 5.10 Å². The molecule has 0 aliphatic heterocycles. The lowest BCUT2D eigenvalue weighted by atomic mass is 10.2.